The summed E-state index contributed by atoms with van der Waals surface area (Å²) in [6.07, 6.45) is 67.2. The third-order valence-electron chi connectivity index (χ3n) is 12.6. The summed E-state index contributed by atoms with van der Waals surface area (Å²) < 4.78 is 30.6. The summed E-state index contributed by atoms with van der Waals surface area (Å²) >= 11 is 0. The Bertz CT molecular complexity index is 1510. The molecule has 0 heterocycles. The van der Waals surface area contributed by atoms with Crippen LogP contribution in [0.25, 0.3) is 0 Å². The molecule has 10 heteroatoms. The lowest BCUT2D eigenvalue weighted by Crippen LogP contribution is -2.47. The Hall–Kier alpha value is -2.81. The Balaban J connectivity index is 5.30. The zero-order valence-electron chi connectivity index (χ0n) is 47.4. The molecular weight excluding hydrogens is 916 g/mol. The van der Waals surface area contributed by atoms with Crippen molar-refractivity contribution in [2.24, 2.45) is 0 Å². The number of quaternary nitrogens is 1. The molecule has 1 amide bonds. The highest BCUT2D eigenvalue weighted by Crippen LogP contribution is 2.43. The van der Waals surface area contributed by atoms with Crippen LogP contribution in [-0.2, 0) is 27.9 Å². The number of amides is 1. The minimum atomic E-state index is -4.45. The summed E-state index contributed by atoms with van der Waals surface area (Å²) in [5.41, 5.74) is 0. The third-order valence-corrected chi connectivity index (χ3v) is 13.6. The van der Waals surface area contributed by atoms with Gasteiger partial charge in [0.2, 0.25) is 5.91 Å². The lowest BCUT2D eigenvalue weighted by atomic mass is 10.1. The molecule has 0 aliphatic rings. The van der Waals surface area contributed by atoms with Crippen molar-refractivity contribution < 1.29 is 37.3 Å². The van der Waals surface area contributed by atoms with E-state index >= 15 is 0 Å². The van der Waals surface area contributed by atoms with Gasteiger partial charge in [-0.3, -0.25) is 18.6 Å². The summed E-state index contributed by atoms with van der Waals surface area (Å²) in [4.78, 5) is 37.6. The standard InChI is InChI=1S/C62H111N2O7P/c1-7-10-13-16-19-22-25-27-29-30-31-32-33-34-35-37-40-43-46-49-52-55-62(66)71-60(53-50-47-44-41-38-24-21-18-15-12-9-3)59(58-70-72(67,68)69-57-56-64(4,5)6)63-61(65)54-51-48-45-42-39-36-28-26-23-20-17-14-11-8-2/h11,14,19-20,22-23,27,29,31-32,34-35,50,53,59-60H,7-10,12-13,15-18,21,24-26,28,30,33,36-49,51-52,54-58H2,1-6H3,(H-,63,65,67,68)/p+1/b14-11+,22-19-,23-20+,29-27-,32-31-,35-34-,53-50-. The maximum Gasteiger partial charge on any atom is 0.472 e. The highest BCUT2D eigenvalue weighted by molar-refractivity contribution is 7.47. The number of rotatable bonds is 52. The SMILES string of the molecule is CC/C=C/C/C=C/CCCCCCCCCC(=O)NC(COP(=O)(O)OCC[N+](C)(C)C)C(/C=C\CCCCCCCCCCC)OC(=O)CCCCCCC/C=C\C/C=C\C/C=C\C/C=C\CCCCC. The molecule has 0 aliphatic carbocycles. The van der Waals surface area contributed by atoms with E-state index in [1.807, 2.05) is 33.3 Å². The molecule has 3 unspecified atom stereocenters. The number of carbonyl (C=O) groups is 2. The van der Waals surface area contributed by atoms with Crippen molar-refractivity contribution in [2.45, 2.75) is 258 Å². The van der Waals surface area contributed by atoms with Gasteiger partial charge < -0.3 is 19.4 Å². The predicted molar refractivity (Wildman–Crippen MR) is 309 cm³/mol. The van der Waals surface area contributed by atoms with Gasteiger partial charge in [0, 0.05) is 12.8 Å². The Labute approximate surface area is 444 Å². The van der Waals surface area contributed by atoms with Crippen molar-refractivity contribution in [2.75, 3.05) is 40.9 Å². The van der Waals surface area contributed by atoms with Crippen molar-refractivity contribution in [3.8, 4) is 0 Å². The van der Waals surface area contributed by atoms with Crippen LogP contribution in [0.15, 0.2) is 85.1 Å². The predicted octanol–water partition coefficient (Wildman–Crippen LogP) is 17.8. The minimum absolute atomic E-state index is 0.0316. The zero-order chi connectivity index (χ0) is 52.9. The summed E-state index contributed by atoms with van der Waals surface area (Å²) in [5.74, 6) is -0.540. The van der Waals surface area contributed by atoms with E-state index in [0.717, 1.165) is 116 Å². The van der Waals surface area contributed by atoms with Crippen molar-refractivity contribution in [1.29, 1.82) is 0 Å². The van der Waals surface area contributed by atoms with Crippen LogP contribution in [0, 0.1) is 0 Å². The fourth-order valence-corrected chi connectivity index (χ4v) is 8.75. The van der Waals surface area contributed by atoms with Crippen LogP contribution >= 0.6 is 7.82 Å². The number of phosphoric ester groups is 1. The van der Waals surface area contributed by atoms with Crippen LogP contribution < -0.4 is 5.32 Å². The van der Waals surface area contributed by atoms with Crippen molar-refractivity contribution in [3.05, 3.63) is 85.1 Å². The number of nitrogens with one attached hydrogen (secondary N) is 1. The molecule has 0 aromatic carbocycles. The van der Waals surface area contributed by atoms with Crippen molar-refractivity contribution >= 4 is 19.7 Å². The largest absolute Gasteiger partial charge is 0.472 e. The van der Waals surface area contributed by atoms with E-state index in [0.29, 0.717) is 23.9 Å². The second-order valence-electron chi connectivity index (χ2n) is 20.8. The van der Waals surface area contributed by atoms with Crippen LogP contribution in [-0.4, -0.2) is 74.3 Å². The van der Waals surface area contributed by atoms with Gasteiger partial charge in [-0.1, -0.05) is 215 Å². The smallest absolute Gasteiger partial charge is 0.456 e. The molecule has 0 spiro atoms. The second kappa shape index (κ2) is 51.7. The van der Waals surface area contributed by atoms with E-state index in [1.165, 1.54) is 89.9 Å². The third kappa shape index (κ3) is 52.1. The monoisotopic (exact) mass is 1030 g/mol. The lowest BCUT2D eigenvalue weighted by Gasteiger charge is -2.27. The number of unbranched alkanes of at least 4 members (excludes halogenated alkanes) is 24. The fourth-order valence-electron chi connectivity index (χ4n) is 8.02. The Kier molecular flexibility index (Phi) is 49.6. The minimum Gasteiger partial charge on any atom is -0.456 e. The van der Waals surface area contributed by atoms with Gasteiger partial charge in [-0.25, -0.2) is 4.57 Å². The van der Waals surface area contributed by atoms with Crippen LogP contribution in [0.5, 0.6) is 0 Å². The van der Waals surface area contributed by atoms with Gasteiger partial charge in [-0.2, -0.15) is 0 Å². The molecule has 0 rings (SSSR count). The number of carbonyl (C=O) groups excluding carboxylic acids is 2. The number of hydrogen-bond acceptors (Lipinski definition) is 6. The summed E-state index contributed by atoms with van der Waals surface area (Å²) in [6.45, 7) is 6.84. The molecule has 0 saturated heterocycles. The molecule has 0 aromatic rings. The number of allylic oxidation sites excluding steroid dienone is 13. The van der Waals surface area contributed by atoms with Gasteiger partial charge >= 0.3 is 13.8 Å². The molecule has 0 saturated carbocycles. The number of ether oxygens (including phenoxy) is 1. The quantitative estimate of drug-likeness (QED) is 0.0205. The molecule has 2 N–H and O–H groups in total. The van der Waals surface area contributed by atoms with Crippen LogP contribution in [0.4, 0.5) is 0 Å². The topological polar surface area (TPSA) is 111 Å². The summed E-state index contributed by atoms with van der Waals surface area (Å²) in [6, 6.07) is -0.863. The van der Waals surface area contributed by atoms with Crippen LogP contribution in [0.1, 0.15) is 245 Å². The maximum atomic E-state index is 13.5. The molecule has 0 bridgehead atoms. The first kappa shape index (κ1) is 69.2. The number of phosphoric acid groups is 1. The molecule has 0 aromatic heterocycles. The van der Waals surface area contributed by atoms with E-state index in [2.05, 4.69) is 99.0 Å². The van der Waals surface area contributed by atoms with Crippen molar-refractivity contribution in [1.82, 2.24) is 5.32 Å². The average molecular weight is 1030 g/mol. The Morgan fingerprint density at radius 3 is 1.36 bits per heavy atom. The average Bonchev–Trinajstić information content (AvgIpc) is 3.34. The van der Waals surface area contributed by atoms with Gasteiger partial charge in [-0.05, 0) is 102 Å². The van der Waals surface area contributed by atoms with Crippen LogP contribution in [0.3, 0.4) is 0 Å². The second-order valence-corrected chi connectivity index (χ2v) is 22.2. The van der Waals surface area contributed by atoms with Crippen molar-refractivity contribution in [3.63, 3.8) is 0 Å². The fraction of sp³-hybridized carbons (Fsp3) is 0.742. The Morgan fingerprint density at radius 1 is 0.500 bits per heavy atom. The van der Waals surface area contributed by atoms with Crippen LogP contribution in [0.2, 0.25) is 0 Å². The Morgan fingerprint density at radius 2 is 0.889 bits per heavy atom. The molecule has 0 radical (unpaired) electrons. The highest BCUT2D eigenvalue weighted by atomic mass is 31.2. The molecule has 72 heavy (non-hydrogen) atoms. The first-order valence-corrected chi connectivity index (χ1v) is 30.9. The number of likely N-dealkylation sites (N-methyl/N-ethyl adjacent to an activating group) is 1. The van der Waals surface area contributed by atoms with E-state index in [4.69, 9.17) is 13.8 Å². The van der Waals surface area contributed by atoms with E-state index in [1.54, 1.807) is 0 Å². The van der Waals surface area contributed by atoms with Gasteiger partial charge in [0.05, 0.1) is 33.8 Å². The molecule has 9 nitrogen and oxygen atoms in total. The maximum absolute atomic E-state index is 13.5. The van der Waals surface area contributed by atoms with E-state index < -0.39 is 20.0 Å². The first-order valence-electron chi connectivity index (χ1n) is 29.4. The zero-order valence-corrected chi connectivity index (χ0v) is 48.3. The number of esters is 1. The van der Waals surface area contributed by atoms with E-state index in [9.17, 15) is 19.0 Å². The summed E-state index contributed by atoms with van der Waals surface area (Å²) in [7, 11) is 1.47. The number of nitrogens with zero attached hydrogens (tertiary/aromatic N) is 1. The lowest BCUT2D eigenvalue weighted by molar-refractivity contribution is -0.870. The molecule has 0 fully saturated rings. The van der Waals surface area contributed by atoms with E-state index in [-0.39, 0.29) is 31.5 Å². The summed E-state index contributed by atoms with van der Waals surface area (Å²) in [5, 5.41) is 3.04. The van der Waals surface area contributed by atoms with Gasteiger partial charge in [0.15, 0.2) is 0 Å². The molecule has 3 atom stereocenters. The van der Waals surface area contributed by atoms with Gasteiger partial charge in [0.25, 0.3) is 0 Å². The molecular formula is C62H112N2O7P+. The highest BCUT2D eigenvalue weighted by Gasteiger charge is 2.30. The normalized spacial score (nSPS) is 14.4. The van der Waals surface area contributed by atoms with Gasteiger partial charge in [-0.15, -0.1) is 0 Å². The number of hydrogen-bond donors (Lipinski definition) is 2. The molecule has 0 aliphatic heterocycles. The van der Waals surface area contributed by atoms with Gasteiger partial charge in [0.1, 0.15) is 19.3 Å². The first-order chi connectivity index (χ1) is 34.9. The molecule has 416 valence electrons.